The third-order valence-electron chi connectivity index (χ3n) is 4.93. The summed E-state index contributed by atoms with van der Waals surface area (Å²) in [6, 6.07) is 0. The van der Waals surface area contributed by atoms with E-state index in [0.717, 1.165) is 65.5 Å². The number of hydrogen-bond donors (Lipinski definition) is 0. The molecule has 3 heterocycles. The second-order valence-corrected chi connectivity index (χ2v) is 6.71. The van der Waals surface area contributed by atoms with Crippen LogP contribution in [0.4, 0.5) is 0 Å². The Morgan fingerprint density at radius 3 is 2.91 bits per heavy atom. The van der Waals surface area contributed by atoms with Gasteiger partial charge in [-0.25, -0.2) is 4.98 Å². The third kappa shape index (κ3) is 4.32. The Kier molecular flexibility index (Phi) is 6.05. The van der Waals surface area contributed by atoms with Crippen LogP contribution >= 0.6 is 0 Å². The highest BCUT2D eigenvalue weighted by atomic mass is 16.5. The molecular weight excluding hydrogens is 294 g/mol. The molecule has 0 amide bonds. The minimum Gasteiger partial charge on any atom is -0.383 e. The Balaban J connectivity index is 1.56. The summed E-state index contributed by atoms with van der Waals surface area (Å²) in [5.41, 5.74) is 2.53. The molecule has 0 bridgehead atoms. The van der Waals surface area contributed by atoms with Crippen molar-refractivity contribution in [1.29, 1.82) is 0 Å². The summed E-state index contributed by atoms with van der Waals surface area (Å²) in [6.45, 7) is 7.03. The van der Waals surface area contributed by atoms with Crippen LogP contribution in [-0.4, -0.2) is 67.7 Å². The van der Waals surface area contributed by atoms with Crippen LogP contribution in [0.15, 0.2) is 6.33 Å². The van der Waals surface area contributed by atoms with Gasteiger partial charge < -0.3 is 18.8 Å². The molecule has 0 unspecified atom stereocenters. The zero-order valence-corrected chi connectivity index (χ0v) is 14.4. The van der Waals surface area contributed by atoms with E-state index < -0.39 is 0 Å². The summed E-state index contributed by atoms with van der Waals surface area (Å²) in [5, 5.41) is 0. The molecule has 0 aromatic carbocycles. The standard InChI is InChI=1S/C17H29N3O3/c1-19-13-18-16-10-20(5-8-21-2)9-15(17(16)19)12-23-11-14-3-6-22-7-4-14/h13-15H,3-12H2,1-2H3/t15-/m0/s1. The first-order chi connectivity index (χ1) is 11.3. The van der Waals surface area contributed by atoms with Crippen molar-refractivity contribution in [3.8, 4) is 0 Å². The van der Waals surface area contributed by atoms with Gasteiger partial charge in [-0.15, -0.1) is 0 Å². The summed E-state index contributed by atoms with van der Waals surface area (Å²) >= 11 is 0. The molecule has 1 aromatic rings. The molecule has 1 saturated heterocycles. The van der Waals surface area contributed by atoms with Crippen LogP contribution in [0.25, 0.3) is 0 Å². The molecule has 0 N–H and O–H groups in total. The number of imidazole rings is 1. The molecule has 6 heteroatoms. The fourth-order valence-electron chi connectivity index (χ4n) is 3.62. The van der Waals surface area contributed by atoms with E-state index in [4.69, 9.17) is 14.2 Å². The van der Waals surface area contributed by atoms with E-state index in [1.54, 1.807) is 7.11 Å². The van der Waals surface area contributed by atoms with Crippen LogP contribution in [0, 0.1) is 5.92 Å². The van der Waals surface area contributed by atoms with E-state index >= 15 is 0 Å². The van der Waals surface area contributed by atoms with Crippen molar-refractivity contribution in [3.63, 3.8) is 0 Å². The fraction of sp³-hybridized carbons (Fsp3) is 0.824. The first-order valence-electron chi connectivity index (χ1n) is 8.64. The van der Waals surface area contributed by atoms with Gasteiger partial charge in [-0.2, -0.15) is 0 Å². The van der Waals surface area contributed by atoms with Gasteiger partial charge in [0.25, 0.3) is 0 Å². The Morgan fingerprint density at radius 2 is 2.13 bits per heavy atom. The molecule has 6 nitrogen and oxygen atoms in total. The summed E-state index contributed by atoms with van der Waals surface area (Å²) in [7, 11) is 3.84. The van der Waals surface area contributed by atoms with Gasteiger partial charge in [0.1, 0.15) is 0 Å². The molecule has 3 rings (SSSR count). The molecule has 0 spiro atoms. The molecular formula is C17H29N3O3. The highest BCUT2D eigenvalue weighted by molar-refractivity contribution is 5.21. The number of methoxy groups -OCH3 is 1. The van der Waals surface area contributed by atoms with E-state index in [1.165, 1.54) is 11.4 Å². The van der Waals surface area contributed by atoms with Crippen molar-refractivity contribution < 1.29 is 14.2 Å². The van der Waals surface area contributed by atoms with Gasteiger partial charge in [-0.05, 0) is 18.8 Å². The van der Waals surface area contributed by atoms with Crippen molar-refractivity contribution in [2.75, 3.05) is 53.2 Å². The minimum absolute atomic E-state index is 0.392. The van der Waals surface area contributed by atoms with Gasteiger partial charge in [-0.1, -0.05) is 0 Å². The topological polar surface area (TPSA) is 48.8 Å². The Morgan fingerprint density at radius 1 is 1.30 bits per heavy atom. The van der Waals surface area contributed by atoms with E-state index in [-0.39, 0.29) is 0 Å². The number of aryl methyl sites for hydroxylation is 1. The Bertz CT molecular complexity index is 485. The third-order valence-corrected chi connectivity index (χ3v) is 4.93. The lowest BCUT2D eigenvalue weighted by Crippen LogP contribution is -2.38. The average Bonchev–Trinajstić information content (AvgIpc) is 2.95. The van der Waals surface area contributed by atoms with Crippen LogP contribution in [-0.2, 0) is 27.8 Å². The Labute approximate surface area is 138 Å². The van der Waals surface area contributed by atoms with Crippen molar-refractivity contribution in [2.24, 2.45) is 13.0 Å². The smallest absolute Gasteiger partial charge is 0.0949 e. The molecule has 1 fully saturated rings. The molecule has 0 aliphatic carbocycles. The summed E-state index contributed by atoms with van der Waals surface area (Å²) < 4.78 is 18.9. The van der Waals surface area contributed by atoms with Crippen molar-refractivity contribution >= 4 is 0 Å². The van der Waals surface area contributed by atoms with Crippen molar-refractivity contribution in [3.05, 3.63) is 17.7 Å². The highest BCUT2D eigenvalue weighted by Gasteiger charge is 2.29. The number of ether oxygens (including phenoxy) is 3. The first kappa shape index (κ1) is 16.9. The molecule has 2 aliphatic heterocycles. The number of hydrogen-bond acceptors (Lipinski definition) is 5. The molecule has 1 atom stereocenters. The average molecular weight is 323 g/mol. The van der Waals surface area contributed by atoms with Gasteiger partial charge >= 0.3 is 0 Å². The van der Waals surface area contributed by atoms with E-state index in [9.17, 15) is 0 Å². The van der Waals surface area contributed by atoms with Gasteiger partial charge in [-0.3, -0.25) is 4.90 Å². The van der Waals surface area contributed by atoms with E-state index in [2.05, 4.69) is 21.5 Å². The molecule has 130 valence electrons. The number of fused-ring (bicyclic) bond motifs is 1. The van der Waals surface area contributed by atoms with Gasteiger partial charge in [0.05, 0.1) is 25.2 Å². The normalized spacial score (nSPS) is 23.1. The molecule has 2 aliphatic rings. The second-order valence-electron chi connectivity index (χ2n) is 6.71. The van der Waals surface area contributed by atoms with Crippen molar-refractivity contribution in [1.82, 2.24) is 14.5 Å². The second kappa shape index (κ2) is 8.24. The SMILES string of the molecule is COCCN1Cc2ncn(C)c2[C@H](COCC2CCOCC2)C1. The zero-order valence-electron chi connectivity index (χ0n) is 14.4. The maximum absolute atomic E-state index is 6.09. The zero-order chi connectivity index (χ0) is 16.1. The highest BCUT2D eigenvalue weighted by Crippen LogP contribution is 2.28. The quantitative estimate of drug-likeness (QED) is 0.759. The lowest BCUT2D eigenvalue weighted by Gasteiger charge is -2.33. The number of nitrogens with zero attached hydrogens (tertiary/aromatic N) is 3. The van der Waals surface area contributed by atoms with Crippen LogP contribution in [0.5, 0.6) is 0 Å². The van der Waals surface area contributed by atoms with Gasteiger partial charge in [0, 0.05) is 65.2 Å². The maximum Gasteiger partial charge on any atom is 0.0949 e. The van der Waals surface area contributed by atoms with Crippen molar-refractivity contribution in [2.45, 2.75) is 25.3 Å². The summed E-state index contributed by atoms with van der Waals surface area (Å²) in [5.74, 6) is 1.05. The maximum atomic E-state index is 6.09. The number of aromatic nitrogens is 2. The lowest BCUT2D eigenvalue weighted by molar-refractivity contribution is 0.0122. The summed E-state index contributed by atoms with van der Waals surface area (Å²) in [4.78, 5) is 6.99. The number of rotatable bonds is 7. The largest absolute Gasteiger partial charge is 0.383 e. The molecule has 0 saturated carbocycles. The summed E-state index contributed by atoms with van der Waals surface area (Å²) in [6.07, 6.45) is 4.18. The van der Waals surface area contributed by atoms with Crippen LogP contribution in [0.1, 0.15) is 30.1 Å². The Hall–Kier alpha value is -0.950. The monoisotopic (exact) mass is 323 g/mol. The molecule has 1 aromatic heterocycles. The predicted molar refractivity (Wildman–Crippen MR) is 87.5 cm³/mol. The predicted octanol–water partition coefficient (Wildman–Crippen LogP) is 1.41. The molecule has 0 radical (unpaired) electrons. The van der Waals surface area contributed by atoms with Gasteiger partial charge in [0.2, 0.25) is 0 Å². The van der Waals surface area contributed by atoms with E-state index in [0.29, 0.717) is 11.8 Å². The van der Waals surface area contributed by atoms with Gasteiger partial charge in [0.15, 0.2) is 0 Å². The fourth-order valence-corrected chi connectivity index (χ4v) is 3.62. The van der Waals surface area contributed by atoms with Crippen LogP contribution in [0.3, 0.4) is 0 Å². The molecule has 23 heavy (non-hydrogen) atoms. The van der Waals surface area contributed by atoms with E-state index in [1.807, 2.05) is 6.33 Å². The lowest BCUT2D eigenvalue weighted by atomic mass is 9.98. The van der Waals surface area contributed by atoms with Crippen LogP contribution < -0.4 is 0 Å². The first-order valence-corrected chi connectivity index (χ1v) is 8.64. The minimum atomic E-state index is 0.392. The van der Waals surface area contributed by atoms with Crippen LogP contribution in [0.2, 0.25) is 0 Å².